The van der Waals surface area contributed by atoms with E-state index in [2.05, 4.69) is 5.32 Å². The van der Waals surface area contributed by atoms with Crippen LogP contribution in [0.1, 0.15) is 19.4 Å². The zero-order valence-electron chi connectivity index (χ0n) is 11.8. The molecule has 4 nitrogen and oxygen atoms in total. The second kappa shape index (κ2) is 7.50. The summed E-state index contributed by atoms with van der Waals surface area (Å²) in [6.07, 6.45) is 0.855. The Morgan fingerprint density at radius 2 is 2.11 bits per heavy atom. The van der Waals surface area contributed by atoms with Crippen molar-refractivity contribution in [1.82, 2.24) is 5.32 Å². The van der Waals surface area contributed by atoms with Gasteiger partial charge >= 0.3 is 0 Å². The van der Waals surface area contributed by atoms with E-state index < -0.39 is 9.84 Å². The largest absolute Gasteiger partial charge is 0.497 e. The summed E-state index contributed by atoms with van der Waals surface area (Å²) in [6.45, 7) is 4.34. The number of hydrogen-bond donors (Lipinski definition) is 1. The van der Waals surface area contributed by atoms with Crippen molar-refractivity contribution in [2.45, 2.75) is 26.3 Å². The first-order chi connectivity index (χ1) is 8.96. The molecule has 0 saturated carbocycles. The highest BCUT2D eigenvalue weighted by molar-refractivity contribution is 7.91. The smallest absolute Gasteiger partial charge is 0.151 e. The molecule has 0 spiro atoms. The van der Waals surface area contributed by atoms with Crippen LogP contribution in [-0.2, 0) is 16.3 Å². The van der Waals surface area contributed by atoms with Gasteiger partial charge in [-0.1, -0.05) is 19.1 Å². The SMILES string of the molecule is CCS(=O)(=O)CC(C)NCCc1cccc(OC)c1. The van der Waals surface area contributed by atoms with Crippen LogP contribution in [0.5, 0.6) is 5.75 Å². The maximum absolute atomic E-state index is 11.5. The van der Waals surface area contributed by atoms with Crippen LogP contribution in [-0.4, -0.2) is 39.6 Å². The van der Waals surface area contributed by atoms with Crippen LogP contribution in [0, 0.1) is 0 Å². The Balaban J connectivity index is 2.37. The van der Waals surface area contributed by atoms with E-state index in [0.717, 1.165) is 18.7 Å². The van der Waals surface area contributed by atoms with Crippen LogP contribution in [0.25, 0.3) is 0 Å². The van der Waals surface area contributed by atoms with Gasteiger partial charge in [-0.3, -0.25) is 0 Å². The van der Waals surface area contributed by atoms with E-state index in [4.69, 9.17) is 4.74 Å². The van der Waals surface area contributed by atoms with Gasteiger partial charge in [0, 0.05) is 11.8 Å². The fraction of sp³-hybridized carbons (Fsp3) is 0.571. The molecule has 1 atom stereocenters. The second-order valence-corrected chi connectivity index (χ2v) is 7.05. The first kappa shape index (κ1) is 16.0. The molecule has 1 N–H and O–H groups in total. The van der Waals surface area contributed by atoms with Crippen molar-refractivity contribution in [2.24, 2.45) is 0 Å². The van der Waals surface area contributed by atoms with Crippen LogP contribution in [0.2, 0.25) is 0 Å². The molecule has 0 saturated heterocycles. The van der Waals surface area contributed by atoms with E-state index in [-0.39, 0.29) is 17.5 Å². The van der Waals surface area contributed by atoms with Gasteiger partial charge in [0.1, 0.15) is 5.75 Å². The molecule has 0 aromatic heterocycles. The fourth-order valence-electron chi connectivity index (χ4n) is 1.85. The van der Waals surface area contributed by atoms with Crippen molar-refractivity contribution in [1.29, 1.82) is 0 Å². The van der Waals surface area contributed by atoms with Crippen molar-refractivity contribution < 1.29 is 13.2 Å². The van der Waals surface area contributed by atoms with E-state index in [1.165, 1.54) is 5.56 Å². The molecule has 1 aromatic carbocycles. The summed E-state index contributed by atoms with van der Waals surface area (Å²) in [5.74, 6) is 1.25. The van der Waals surface area contributed by atoms with Gasteiger partial charge in [-0.05, 0) is 37.6 Å². The topological polar surface area (TPSA) is 55.4 Å². The molecular formula is C14H23NO3S. The quantitative estimate of drug-likeness (QED) is 0.789. The lowest BCUT2D eigenvalue weighted by Gasteiger charge is -2.13. The van der Waals surface area contributed by atoms with Gasteiger partial charge in [-0.15, -0.1) is 0 Å². The highest BCUT2D eigenvalue weighted by Crippen LogP contribution is 2.12. The molecule has 0 radical (unpaired) electrons. The minimum atomic E-state index is -2.91. The lowest BCUT2D eigenvalue weighted by atomic mass is 10.1. The monoisotopic (exact) mass is 285 g/mol. The number of benzene rings is 1. The summed E-state index contributed by atoms with van der Waals surface area (Å²) in [4.78, 5) is 0. The van der Waals surface area contributed by atoms with Gasteiger partial charge in [0.2, 0.25) is 0 Å². The normalized spacial score (nSPS) is 13.2. The number of ether oxygens (including phenoxy) is 1. The first-order valence-corrected chi connectivity index (χ1v) is 8.35. The van der Waals surface area contributed by atoms with Gasteiger partial charge in [-0.2, -0.15) is 0 Å². The zero-order chi connectivity index (χ0) is 14.3. The summed E-state index contributed by atoms with van der Waals surface area (Å²) < 4.78 is 28.1. The van der Waals surface area contributed by atoms with Crippen molar-refractivity contribution in [3.8, 4) is 5.75 Å². The maximum atomic E-state index is 11.5. The maximum Gasteiger partial charge on any atom is 0.151 e. The molecule has 0 fully saturated rings. The lowest BCUT2D eigenvalue weighted by Crippen LogP contribution is -2.34. The van der Waals surface area contributed by atoms with Gasteiger partial charge < -0.3 is 10.1 Å². The Kier molecular flexibility index (Phi) is 6.31. The van der Waals surface area contributed by atoms with Crippen LogP contribution >= 0.6 is 0 Å². The molecule has 0 amide bonds. The molecule has 108 valence electrons. The Labute approximate surface area is 116 Å². The minimum Gasteiger partial charge on any atom is -0.497 e. The van der Waals surface area contributed by atoms with E-state index >= 15 is 0 Å². The van der Waals surface area contributed by atoms with Crippen molar-refractivity contribution in [3.63, 3.8) is 0 Å². The highest BCUT2D eigenvalue weighted by atomic mass is 32.2. The molecule has 1 unspecified atom stereocenters. The summed E-state index contributed by atoms with van der Waals surface area (Å²) >= 11 is 0. The average molecular weight is 285 g/mol. The Morgan fingerprint density at radius 3 is 2.74 bits per heavy atom. The predicted octanol–water partition coefficient (Wildman–Crippen LogP) is 1.65. The van der Waals surface area contributed by atoms with Crippen molar-refractivity contribution in [3.05, 3.63) is 29.8 Å². The van der Waals surface area contributed by atoms with Crippen LogP contribution in [0.4, 0.5) is 0 Å². The number of methoxy groups -OCH3 is 1. The standard InChI is InChI=1S/C14H23NO3S/c1-4-19(16,17)11-12(2)15-9-8-13-6-5-7-14(10-13)18-3/h5-7,10,12,15H,4,8-9,11H2,1-3H3. The highest BCUT2D eigenvalue weighted by Gasteiger charge is 2.12. The molecule has 0 aliphatic heterocycles. The minimum absolute atomic E-state index is 0.0180. The summed E-state index contributed by atoms with van der Waals surface area (Å²) in [5.41, 5.74) is 1.18. The van der Waals surface area contributed by atoms with Gasteiger partial charge in [0.15, 0.2) is 9.84 Å². The lowest BCUT2D eigenvalue weighted by molar-refractivity contribution is 0.414. The first-order valence-electron chi connectivity index (χ1n) is 6.53. The van der Waals surface area contributed by atoms with Gasteiger partial charge in [-0.25, -0.2) is 8.42 Å². The molecule has 0 bridgehead atoms. The van der Waals surface area contributed by atoms with E-state index in [1.54, 1.807) is 14.0 Å². The van der Waals surface area contributed by atoms with E-state index in [9.17, 15) is 8.42 Å². The predicted molar refractivity (Wildman–Crippen MR) is 78.5 cm³/mol. The van der Waals surface area contributed by atoms with Gasteiger partial charge in [0.05, 0.1) is 12.9 Å². The van der Waals surface area contributed by atoms with Crippen molar-refractivity contribution >= 4 is 9.84 Å². The molecule has 0 heterocycles. The summed E-state index contributed by atoms with van der Waals surface area (Å²) in [6, 6.07) is 7.88. The molecular weight excluding hydrogens is 262 g/mol. The second-order valence-electron chi connectivity index (χ2n) is 4.66. The third-order valence-corrected chi connectivity index (χ3v) is 4.87. The summed E-state index contributed by atoms with van der Waals surface area (Å²) in [5, 5.41) is 3.24. The fourth-order valence-corrected chi connectivity index (χ4v) is 2.96. The van der Waals surface area contributed by atoms with Gasteiger partial charge in [0.25, 0.3) is 0 Å². The number of nitrogens with one attached hydrogen (secondary N) is 1. The van der Waals surface area contributed by atoms with Crippen molar-refractivity contribution in [2.75, 3.05) is 25.2 Å². The Morgan fingerprint density at radius 1 is 1.37 bits per heavy atom. The van der Waals surface area contributed by atoms with Crippen LogP contribution < -0.4 is 10.1 Å². The summed E-state index contributed by atoms with van der Waals surface area (Å²) in [7, 11) is -1.26. The molecule has 0 aliphatic rings. The number of hydrogen-bond acceptors (Lipinski definition) is 4. The third-order valence-electron chi connectivity index (χ3n) is 2.98. The van der Waals surface area contributed by atoms with Crippen LogP contribution in [0.3, 0.4) is 0 Å². The average Bonchev–Trinajstić information content (AvgIpc) is 2.38. The zero-order valence-corrected chi connectivity index (χ0v) is 12.7. The number of rotatable bonds is 8. The van der Waals surface area contributed by atoms with Crippen LogP contribution in [0.15, 0.2) is 24.3 Å². The Hall–Kier alpha value is -1.07. The van der Waals surface area contributed by atoms with E-state index in [0.29, 0.717) is 0 Å². The molecule has 1 aromatic rings. The number of sulfone groups is 1. The molecule has 19 heavy (non-hydrogen) atoms. The molecule has 0 aliphatic carbocycles. The molecule has 1 rings (SSSR count). The Bertz CT molecular complexity index is 485. The molecule has 5 heteroatoms. The third kappa shape index (κ3) is 6.07. The van der Waals surface area contributed by atoms with E-state index in [1.807, 2.05) is 31.2 Å².